The van der Waals surface area contributed by atoms with E-state index in [0.29, 0.717) is 17.5 Å². The van der Waals surface area contributed by atoms with Gasteiger partial charge in [-0.05, 0) is 54.8 Å². The molecular formula is C28H37N3O3S. The third-order valence-electron chi connectivity index (χ3n) is 7.34. The number of imidazole rings is 1. The Kier molecular flexibility index (Phi) is 8.60. The molecule has 1 atom stereocenters. The first-order chi connectivity index (χ1) is 17.0. The third kappa shape index (κ3) is 6.31. The number of nitrogens with one attached hydrogen (secondary N) is 1. The Labute approximate surface area is 211 Å². The number of benzene rings is 1. The maximum atomic E-state index is 13.2. The van der Waals surface area contributed by atoms with Crippen molar-refractivity contribution in [2.45, 2.75) is 90.1 Å². The predicted octanol–water partition coefficient (Wildman–Crippen LogP) is 6.59. The molecule has 2 heterocycles. The van der Waals surface area contributed by atoms with Gasteiger partial charge in [-0.15, -0.1) is 11.3 Å². The highest BCUT2D eigenvalue weighted by Gasteiger charge is 2.24. The number of carboxylic acids is 1. The van der Waals surface area contributed by atoms with Crippen LogP contribution in [0.3, 0.4) is 0 Å². The quantitative estimate of drug-likeness (QED) is 0.314. The molecule has 7 heteroatoms. The molecule has 0 saturated heterocycles. The van der Waals surface area contributed by atoms with Gasteiger partial charge in [-0.1, -0.05) is 52.0 Å². The van der Waals surface area contributed by atoms with Crippen molar-refractivity contribution < 1.29 is 14.7 Å². The zero-order valence-electron chi connectivity index (χ0n) is 20.8. The van der Waals surface area contributed by atoms with Crippen LogP contribution >= 0.6 is 11.3 Å². The smallest absolute Gasteiger partial charge is 0.305 e. The number of rotatable bonds is 11. The summed E-state index contributed by atoms with van der Waals surface area (Å²) in [5, 5.41) is 14.5. The number of carboxylic acid groups (broad SMARTS) is 1. The molecule has 1 aliphatic rings. The van der Waals surface area contributed by atoms with Crippen molar-refractivity contribution in [3.05, 3.63) is 52.0 Å². The van der Waals surface area contributed by atoms with E-state index in [4.69, 9.17) is 4.98 Å². The van der Waals surface area contributed by atoms with Gasteiger partial charge in [0.05, 0.1) is 17.5 Å². The first-order valence-corrected chi connectivity index (χ1v) is 13.9. The van der Waals surface area contributed by atoms with Gasteiger partial charge in [0.15, 0.2) is 0 Å². The van der Waals surface area contributed by atoms with Gasteiger partial charge in [0.2, 0.25) is 0 Å². The standard InChI is InChI=1S/C28H37N3O3S/c1-3-22(4-2)31-25-13-12-20(16-24(25)30-26(31)18-23-11-8-14-35-23)28(34)29-21(17-27(32)33)15-19-9-6-5-7-10-19/h8,11-14,16,19,21-22H,3-7,9-10,15,17-18H2,1-2H3,(H,29,34)(H,32,33)/t21-/m1/s1. The van der Waals surface area contributed by atoms with E-state index in [1.54, 1.807) is 11.3 Å². The van der Waals surface area contributed by atoms with Gasteiger partial charge in [0.1, 0.15) is 5.82 Å². The second kappa shape index (κ2) is 11.8. The van der Waals surface area contributed by atoms with Gasteiger partial charge in [0.25, 0.3) is 5.91 Å². The largest absolute Gasteiger partial charge is 0.481 e. The molecule has 35 heavy (non-hydrogen) atoms. The predicted molar refractivity (Wildman–Crippen MR) is 141 cm³/mol. The Hall–Kier alpha value is -2.67. The van der Waals surface area contributed by atoms with Crippen molar-refractivity contribution in [1.82, 2.24) is 14.9 Å². The minimum atomic E-state index is -0.872. The van der Waals surface area contributed by atoms with Crippen LogP contribution < -0.4 is 5.32 Å². The molecule has 1 saturated carbocycles. The fourth-order valence-corrected chi connectivity index (χ4v) is 6.24. The fourth-order valence-electron chi connectivity index (χ4n) is 5.54. The molecule has 0 radical (unpaired) electrons. The van der Waals surface area contributed by atoms with Gasteiger partial charge in [-0.25, -0.2) is 4.98 Å². The molecule has 1 fully saturated rings. The molecule has 0 spiro atoms. The van der Waals surface area contributed by atoms with E-state index in [1.807, 2.05) is 18.2 Å². The molecule has 4 rings (SSSR count). The Balaban J connectivity index is 1.58. The molecule has 188 valence electrons. The van der Waals surface area contributed by atoms with Gasteiger partial charge in [-0.3, -0.25) is 9.59 Å². The molecule has 2 N–H and O–H groups in total. The monoisotopic (exact) mass is 495 g/mol. The summed E-state index contributed by atoms with van der Waals surface area (Å²) in [7, 11) is 0. The fraction of sp³-hybridized carbons (Fsp3) is 0.536. The summed E-state index contributed by atoms with van der Waals surface area (Å²) < 4.78 is 2.34. The lowest BCUT2D eigenvalue weighted by Crippen LogP contribution is -2.38. The van der Waals surface area contributed by atoms with E-state index >= 15 is 0 Å². The van der Waals surface area contributed by atoms with Crippen LogP contribution in [0.5, 0.6) is 0 Å². The van der Waals surface area contributed by atoms with E-state index in [9.17, 15) is 14.7 Å². The number of aromatic nitrogens is 2. The van der Waals surface area contributed by atoms with E-state index in [0.717, 1.165) is 55.4 Å². The number of thiophene rings is 1. The van der Waals surface area contributed by atoms with Crippen molar-refractivity contribution in [1.29, 1.82) is 0 Å². The average Bonchev–Trinajstić information content (AvgIpc) is 3.48. The van der Waals surface area contributed by atoms with Gasteiger partial charge >= 0.3 is 5.97 Å². The van der Waals surface area contributed by atoms with Gasteiger partial charge < -0.3 is 15.0 Å². The molecule has 0 unspecified atom stereocenters. The molecule has 1 aliphatic carbocycles. The number of hydrogen-bond acceptors (Lipinski definition) is 4. The molecule has 6 nitrogen and oxygen atoms in total. The summed E-state index contributed by atoms with van der Waals surface area (Å²) in [5.74, 6) is 0.427. The second-order valence-electron chi connectivity index (χ2n) is 9.84. The maximum absolute atomic E-state index is 13.2. The number of hydrogen-bond donors (Lipinski definition) is 2. The van der Waals surface area contributed by atoms with E-state index in [-0.39, 0.29) is 18.4 Å². The van der Waals surface area contributed by atoms with E-state index in [1.165, 1.54) is 24.1 Å². The molecule has 3 aromatic rings. The van der Waals surface area contributed by atoms with Crippen LogP contribution in [-0.2, 0) is 11.2 Å². The van der Waals surface area contributed by atoms with Crippen LogP contribution in [0.15, 0.2) is 35.7 Å². The molecule has 1 amide bonds. The highest BCUT2D eigenvalue weighted by atomic mass is 32.1. The molecule has 0 bridgehead atoms. The lowest BCUT2D eigenvalue weighted by molar-refractivity contribution is -0.137. The Morgan fingerprint density at radius 1 is 1.17 bits per heavy atom. The number of nitrogens with zero attached hydrogens (tertiary/aromatic N) is 2. The van der Waals surface area contributed by atoms with Crippen molar-refractivity contribution in [3.8, 4) is 0 Å². The number of amides is 1. The number of aliphatic carboxylic acids is 1. The van der Waals surface area contributed by atoms with E-state index < -0.39 is 5.97 Å². The highest BCUT2D eigenvalue weighted by molar-refractivity contribution is 7.09. The Morgan fingerprint density at radius 2 is 1.94 bits per heavy atom. The normalized spacial score (nSPS) is 15.5. The van der Waals surface area contributed by atoms with Crippen LogP contribution in [0, 0.1) is 5.92 Å². The summed E-state index contributed by atoms with van der Waals surface area (Å²) >= 11 is 1.73. The minimum Gasteiger partial charge on any atom is -0.481 e. The average molecular weight is 496 g/mol. The number of fused-ring (bicyclic) bond motifs is 1. The molecular weight excluding hydrogens is 458 g/mol. The van der Waals surface area contributed by atoms with Crippen LogP contribution in [0.4, 0.5) is 0 Å². The zero-order chi connectivity index (χ0) is 24.8. The Morgan fingerprint density at radius 3 is 2.60 bits per heavy atom. The van der Waals surface area contributed by atoms with Crippen molar-refractivity contribution in [3.63, 3.8) is 0 Å². The summed E-state index contributed by atoms with van der Waals surface area (Å²) in [5.41, 5.74) is 2.40. The Bertz CT molecular complexity index is 1130. The minimum absolute atomic E-state index is 0.0429. The van der Waals surface area contributed by atoms with Crippen LogP contribution in [0.25, 0.3) is 11.0 Å². The lowest BCUT2D eigenvalue weighted by atomic mass is 9.84. The van der Waals surface area contributed by atoms with E-state index in [2.05, 4.69) is 41.2 Å². The summed E-state index contributed by atoms with van der Waals surface area (Å²) in [6.07, 6.45) is 9.38. The van der Waals surface area contributed by atoms with Gasteiger partial charge in [0, 0.05) is 28.9 Å². The maximum Gasteiger partial charge on any atom is 0.305 e. The van der Waals surface area contributed by atoms with Crippen LogP contribution in [-0.4, -0.2) is 32.6 Å². The summed E-state index contributed by atoms with van der Waals surface area (Å²) in [6.45, 7) is 4.40. The van der Waals surface area contributed by atoms with Crippen molar-refractivity contribution in [2.75, 3.05) is 0 Å². The summed E-state index contributed by atoms with van der Waals surface area (Å²) in [4.78, 5) is 30.9. The van der Waals surface area contributed by atoms with Crippen LogP contribution in [0.1, 0.15) is 98.7 Å². The second-order valence-corrected chi connectivity index (χ2v) is 10.9. The highest BCUT2D eigenvalue weighted by Crippen LogP contribution is 2.30. The SMILES string of the molecule is CCC(CC)n1c(Cc2cccs2)nc2cc(C(=O)N[C@@H](CC(=O)O)CC3CCCCC3)ccc21. The third-order valence-corrected chi connectivity index (χ3v) is 8.22. The lowest BCUT2D eigenvalue weighted by Gasteiger charge is -2.26. The zero-order valence-corrected chi connectivity index (χ0v) is 21.7. The molecule has 0 aliphatic heterocycles. The number of carbonyl (C=O) groups is 2. The first-order valence-electron chi connectivity index (χ1n) is 13.0. The molecule has 2 aromatic heterocycles. The topological polar surface area (TPSA) is 84.2 Å². The molecule has 1 aromatic carbocycles. The first kappa shape index (κ1) is 25.4. The van der Waals surface area contributed by atoms with Gasteiger partial charge in [-0.2, -0.15) is 0 Å². The summed E-state index contributed by atoms with van der Waals surface area (Å²) in [6, 6.07) is 9.91. The van der Waals surface area contributed by atoms with Crippen molar-refractivity contribution >= 4 is 34.2 Å². The van der Waals surface area contributed by atoms with Crippen molar-refractivity contribution in [2.24, 2.45) is 5.92 Å². The van der Waals surface area contributed by atoms with Crippen LogP contribution in [0.2, 0.25) is 0 Å². The number of carbonyl (C=O) groups excluding carboxylic acids is 1.